The quantitative estimate of drug-likeness (QED) is 0.769. The highest BCUT2D eigenvalue weighted by atomic mass is 16.5. The van der Waals surface area contributed by atoms with E-state index in [1.807, 2.05) is 19.3 Å². The second-order valence-electron chi connectivity index (χ2n) is 6.14. The fourth-order valence-corrected chi connectivity index (χ4v) is 2.97. The maximum atomic E-state index is 11.9. The van der Waals surface area contributed by atoms with Crippen LogP contribution >= 0.6 is 0 Å². The van der Waals surface area contributed by atoms with Crippen LogP contribution in [0, 0.1) is 5.92 Å². The minimum Gasteiger partial charge on any atom is -0.465 e. The number of aromatic nitrogens is 2. The van der Waals surface area contributed by atoms with Crippen LogP contribution in [0.4, 0.5) is 5.69 Å². The van der Waals surface area contributed by atoms with Crippen LogP contribution in [0.25, 0.3) is 0 Å². The number of nitrogens with zero attached hydrogens (tertiary/aromatic N) is 3. The lowest BCUT2D eigenvalue weighted by atomic mass is 10.1. The molecule has 23 heavy (non-hydrogen) atoms. The van der Waals surface area contributed by atoms with Gasteiger partial charge in [0.25, 0.3) is 0 Å². The zero-order valence-electron chi connectivity index (χ0n) is 13.5. The molecule has 0 bridgehead atoms. The average molecular weight is 313 g/mol. The molecule has 0 radical (unpaired) electrons. The predicted molar refractivity (Wildman–Crippen MR) is 89.3 cm³/mol. The van der Waals surface area contributed by atoms with Gasteiger partial charge in [0, 0.05) is 44.4 Å². The number of carbonyl (C=O) groups is 1. The standard InChI is InChI=1S/C18H23N3O2/c1-20-12-15(11-19-20)7-8-18(22)23-14-16-9-10-21(13-16)17-5-3-2-4-6-17/h2-6,11-12,16H,7-10,13-14H2,1H3/t16-/m0/s1. The molecule has 0 aliphatic carbocycles. The molecular formula is C18H23N3O2. The summed E-state index contributed by atoms with van der Waals surface area (Å²) in [6.07, 6.45) is 5.91. The van der Waals surface area contributed by atoms with Gasteiger partial charge in [0.05, 0.1) is 12.8 Å². The van der Waals surface area contributed by atoms with E-state index >= 15 is 0 Å². The first-order valence-corrected chi connectivity index (χ1v) is 8.14. The van der Waals surface area contributed by atoms with Gasteiger partial charge in [-0.15, -0.1) is 0 Å². The van der Waals surface area contributed by atoms with E-state index in [0.717, 1.165) is 25.1 Å². The van der Waals surface area contributed by atoms with E-state index in [0.29, 0.717) is 25.4 Å². The molecular weight excluding hydrogens is 290 g/mol. The van der Waals surface area contributed by atoms with Crippen molar-refractivity contribution in [1.29, 1.82) is 0 Å². The Labute approximate surface area is 136 Å². The van der Waals surface area contributed by atoms with E-state index in [2.05, 4.69) is 34.3 Å². The minimum atomic E-state index is -0.119. The number of benzene rings is 1. The monoisotopic (exact) mass is 313 g/mol. The molecule has 1 atom stereocenters. The number of anilines is 1. The molecule has 1 aliphatic heterocycles. The third-order valence-electron chi connectivity index (χ3n) is 4.26. The predicted octanol–water partition coefficient (Wildman–Crippen LogP) is 2.42. The van der Waals surface area contributed by atoms with Gasteiger partial charge < -0.3 is 9.64 Å². The highest BCUT2D eigenvalue weighted by Gasteiger charge is 2.23. The van der Waals surface area contributed by atoms with Crippen molar-refractivity contribution in [2.24, 2.45) is 13.0 Å². The Bertz CT molecular complexity index is 639. The van der Waals surface area contributed by atoms with Crippen molar-refractivity contribution in [3.8, 4) is 0 Å². The number of ether oxygens (including phenoxy) is 1. The van der Waals surface area contributed by atoms with Crippen molar-refractivity contribution in [1.82, 2.24) is 9.78 Å². The summed E-state index contributed by atoms with van der Waals surface area (Å²) >= 11 is 0. The van der Waals surface area contributed by atoms with E-state index in [-0.39, 0.29) is 5.97 Å². The third kappa shape index (κ3) is 4.34. The van der Waals surface area contributed by atoms with Gasteiger partial charge >= 0.3 is 5.97 Å². The normalized spacial score (nSPS) is 17.4. The summed E-state index contributed by atoms with van der Waals surface area (Å²) in [6, 6.07) is 10.4. The number of carbonyl (C=O) groups excluding carboxylic acids is 1. The van der Waals surface area contributed by atoms with Gasteiger partial charge in [0.2, 0.25) is 0 Å². The molecule has 0 N–H and O–H groups in total. The number of esters is 1. The summed E-state index contributed by atoms with van der Waals surface area (Å²) in [5, 5.41) is 4.10. The lowest BCUT2D eigenvalue weighted by molar-refractivity contribution is -0.144. The number of hydrogen-bond acceptors (Lipinski definition) is 4. The number of hydrogen-bond donors (Lipinski definition) is 0. The van der Waals surface area contributed by atoms with Crippen LogP contribution < -0.4 is 4.90 Å². The Morgan fingerprint density at radius 3 is 2.91 bits per heavy atom. The molecule has 1 saturated heterocycles. The zero-order valence-corrected chi connectivity index (χ0v) is 13.5. The summed E-state index contributed by atoms with van der Waals surface area (Å²) in [7, 11) is 1.88. The van der Waals surface area contributed by atoms with Crippen LogP contribution in [0.5, 0.6) is 0 Å². The van der Waals surface area contributed by atoms with Gasteiger partial charge in [-0.05, 0) is 30.5 Å². The van der Waals surface area contributed by atoms with Gasteiger partial charge in [-0.1, -0.05) is 18.2 Å². The van der Waals surface area contributed by atoms with E-state index in [1.165, 1.54) is 5.69 Å². The SMILES string of the molecule is Cn1cc(CCC(=O)OC[C@H]2CCN(c3ccccc3)C2)cn1. The van der Waals surface area contributed by atoms with Crippen LogP contribution in [-0.4, -0.2) is 35.4 Å². The van der Waals surface area contributed by atoms with Crippen molar-refractivity contribution in [2.75, 3.05) is 24.6 Å². The molecule has 5 nitrogen and oxygen atoms in total. The summed E-state index contributed by atoms with van der Waals surface area (Å²) in [5.74, 6) is 0.310. The Hall–Kier alpha value is -2.30. The Kier molecular flexibility index (Phi) is 4.95. The lowest BCUT2D eigenvalue weighted by Crippen LogP contribution is -2.22. The van der Waals surface area contributed by atoms with E-state index < -0.39 is 0 Å². The molecule has 3 rings (SSSR count). The molecule has 2 heterocycles. The second kappa shape index (κ2) is 7.31. The molecule has 0 amide bonds. The summed E-state index contributed by atoms with van der Waals surface area (Å²) < 4.78 is 7.19. The molecule has 1 aromatic carbocycles. The molecule has 122 valence electrons. The number of rotatable bonds is 6. The highest BCUT2D eigenvalue weighted by molar-refractivity contribution is 5.69. The summed E-state index contributed by atoms with van der Waals surface area (Å²) in [6.45, 7) is 2.51. The molecule has 5 heteroatoms. The maximum Gasteiger partial charge on any atom is 0.306 e. The van der Waals surface area contributed by atoms with Crippen molar-refractivity contribution in [3.05, 3.63) is 48.3 Å². The first kappa shape index (κ1) is 15.6. The molecule has 1 aliphatic rings. The second-order valence-corrected chi connectivity index (χ2v) is 6.14. The Balaban J connectivity index is 1.38. The zero-order chi connectivity index (χ0) is 16.1. The fraction of sp³-hybridized carbons (Fsp3) is 0.444. The average Bonchev–Trinajstić information content (AvgIpc) is 3.21. The van der Waals surface area contributed by atoms with E-state index in [4.69, 9.17) is 4.74 Å². The Morgan fingerprint density at radius 1 is 1.35 bits per heavy atom. The van der Waals surface area contributed by atoms with Crippen molar-refractivity contribution in [2.45, 2.75) is 19.3 Å². The van der Waals surface area contributed by atoms with Crippen LogP contribution in [0.15, 0.2) is 42.7 Å². The van der Waals surface area contributed by atoms with Crippen LogP contribution in [-0.2, 0) is 23.0 Å². The smallest absolute Gasteiger partial charge is 0.306 e. The van der Waals surface area contributed by atoms with Crippen molar-refractivity contribution in [3.63, 3.8) is 0 Å². The number of para-hydroxylation sites is 1. The van der Waals surface area contributed by atoms with Crippen LogP contribution in [0.2, 0.25) is 0 Å². The van der Waals surface area contributed by atoms with Gasteiger partial charge in [0.1, 0.15) is 0 Å². The highest BCUT2D eigenvalue weighted by Crippen LogP contribution is 2.23. The fourth-order valence-electron chi connectivity index (χ4n) is 2.97. The molecule has 1 fully saturated rings. The summed E-state index contributed by atoms with van der Waals surface area (Å²) in [5.41, 5.74) is 2.32. The van der Waals surface area contributed by atoms with Gasteiger partial charge in [0.15, 0.2) is 0 Å². The minimum absolute atomic E-state index is 0.119. The van der Waals surface area contributed by atoms with Crippen LogP contribution in [0.1, 0.15) is 18.4 Å². The first-order chi connectivity index (χ1) is 11.2. The molecule has 0 saturated carbocycles. The number of aryl methyl sites for hydroxylation is 2. The van der Waals surface area contributed by atoms with E-state index in [1.54, 1.807) is 10.9 Å². The largest absolute Gasteiger partial charge is 0.465 e. The molecule has 2 aromatic rings. The van der Waals surface area contributed by atoms with E-state index in [9.17, 15) is 4.79 Å². The molecule has 1 aromatic heterocycles. The van der Waals surface area contributed by atoms with Crippen molar-refractivity contribution < 1.29 is 9.53 Å². The van der Waals surface area contributed by atoms with Gasteiger partial charge in [-0.2, -0.15) is 5.10 Å². The summed E-state index contributed by atoms with van der Waals surface area (Å²) in [4.78, 5) is 14.2. The third-order valence-corrected chi connectivity index (χ3v) is 4.26. The topological polar surface area (TPSA) is 47.4 Å². The maximum absolute atomic E-state index is 11.9. The lowest BCUT2D eigenvalue weighted by Gasteiger charge is -2.18. The molecule has 0 spiro atoms. The van der Waals surface area contributed by atoms with Crippen molar-refractivity contribution >= 4 is 11.7 Å². The first-order valence-electron chi connectivity index (χ1n) is 8.14. The Morgan fingerprint density at radius 2 is 2.17 bits per heavy atom. The van der Waals surface area contributed by atoms with Crippen LogP contribution in [0.3, 0.4) is 0 Å². The van der Waals surface area contributed by atoms with Gasteiger partial charge in [-0.3, -0.25) is 9.48 Å². The molecule has 0 unspecified atom stereocenters. The van der Waals surface area contributed by atoms with Gasteiger partial charge in [-0.25, -0.2) is 0 Å².